The molecule has 2 heteroatoms. The molecule has 1 aromatic carbocycles. The zero-order chi connectivity index (χ0) is 10.6. The minimum Gasteiger partial charge on any atom is -0.372 e. The highest BCUT2D eigenvalue weighted by Crippen LogP contribution is 2.23. The first-order valence-corrected chi connectivity index (χ1v) is 4.75. The van der Waals surface area contributed by atoms with Gasteiger partial charge < -0.3 is 5.32 Å². The lowest BCUT2D eigenvalue weighted by atomic mass is 9.87. The van der Waals surface area contributed by atoms with Crippen LogP contribution in [0.5, 0.6) is 0 Å². The molecule has 0 saturated carbocycles. The number of hydrogen-bond donors (Lipinski definition) is 1. The normalized spacial score (nSPS) is 10.7. The summed E-state index contributed by atoms with van der Waals surface area (Å²) in [6, 6.07) is 10.3. The molecule has 2 nitrogen and oxygen atoms in total. The Morgan fingerprint density at radius 1 is 1.21 bits per heavy atom. The smallest absolute Gasteiger partial charge is 0.103 e. The first-order chi connectivity index (χ1) is 6.54. The van der Waals surface area contributed by atoms with E-state index in [1.165, 1.54) is 5.56 Å². The van der Waals surface area contributed by atoms with Gasteiger partial charge in [-0.1, -0.05) is 32.9 Å². The van der Waals surface area contributed by atoms with Crippen LogP contribution in [-0.2, 0) is 5.41 Å². The van der Waals surface area contributed by atoms with Crippen LogP contribution in [0.25, 0.3) is 0 Å². The lowest BCUT2D eigenvalue weighted by Crippen LogP contribution is -2.10. The van der Waals surface area contributed by atoms with Crippen LogP contribution in [0.3, 0.4) is 0 Å². The highest BCUT2D eigenvalue weighted by atomic mass is 14.9. The van der Waals surface area contributed by atoms with Crippen LogP contribution in [0.15, 0.2) is 24.3 Å². The van der Waals surface area contributed by atoms with E-state index in [9.17, 15) is 0 Å². The van der Waals surface area contributed by atoms with Gasteiger partial charge in [0, 0.05) is 5.69 Å². The van der Waals surface area contributed by atoms with E-state index < -0.39 is 0 Å². The van der Waals surface area contributed by atoms with Crippen molar-refractivity contribution in [1.29, 1.82) is 5.26 Å². The molecular weight excluding hydrogens is 172 g/mol. The number of rotatable bonds is 2. The van der Waals surface area contributed by atoms with Crippen LogP contribution < -0.4 is 5.32 Å². The van der Waals surface area contributed by atoms with Crippen molar-refractivity contribution in [2.24, 2.45) is 0 Å². The zero-order valence-electron chi connectivity index (χ0n) is 8.96. The summed E-state index contributed by atoms with van der Waals surface area (Å²) in [5.74, 6) is 0. The van der Waals surface area contributed by atoms with Crippen LogP contribution in [0.4, 0.5) is 5.69 Å². The van der Waals surface area contributed by atoms with Crippen LogP contribution >= 0.6 is 0 Å². The molecule has 0 aliphatic carbocycles. The molecule has 0 aromatic heterocycles. The van der Waals surface area contributed by atoms with Crippen LogP contribution in [-0.4, -0.2) is 6.54 Å². The number of hydrogen-bond acceptors (Lipinski definition) is 2. The molecule has 1 aromatic rings. The van der Waals surface area contributed by atoms with Crippen molar-refractivity contribution in [3.8, 4) is 6.07 Å². The Morgan fingerprint density at radius 3 is 2.21 bits per heavy atom. The second-order valence-corrected chi connectivity index (χ2v) is 4.34. The van der Waals surface area contributed by atoms with Gasteiger partial charge in [0.1, 0.15) is 6.54 Å². The summed E-state index contributed by atoms with van der Waals surface area (Å²) in [6.45, 7) is 6.91. The van der Waals surface area contributed by atoms with Crippen molar-refractivity contribution < 1.29 is 0 Å². The Bertz CT molecular complexity index is 325. The molecule has 0 radical (unpaired) electrons. The van der Waals surface area contributed by atoms with Crippen molar-refractivity contribution in [2.75, 3.05) is 11.9 Å². The molecule has 0 spiro atoms. The van der Waals surface area contributed by atoms with Crippen LogP contribution in [0.2, 0.25) is 0 Å². The molecule has 0 saturated heterocycles. The Balaban J connectivity index is 2.75. The quantitative estimate of drug-likeness (QED) is 0.724. The van der Waals surface area contributed by atoms with Gasteiger partial charge in [0.2, 0.25) is 0 Å². The molecule has 0 unspecified atom stereocenters. The fourth-order valence-electron chi connectivity index (χ4n) is 1.23. The van der Waals surface area contributed by atoms with Crippen LogP contribution in [0.1, 0.15) is 26.3 Å². The minimum atomic E-state index is 0.188. The highest BCUT2D eigenvalue weighted by Gasteiger charge is 2.12. The second kappa shape index (κ2) is 4.15. The molecule has 74 valence electrons. The van der Waals surface area contributed by atoms with E-state index in [4.69, 9.17) is 5.26 Å². The van der Waals surface area contributed by atoms with Crippen molar-refractivity contribution in [3.05, 3.63) is 29.8 Å². The Morgan fingerprint density at radius 2 is 1.79 bits per heavy atom. The standard InChI is InChI=1S/C12H16N2/c1-12(2,3)10-4-6-11(7-5-10)14-9-8-13/h4-7,14H,9H2,1-3H3. The first kappa shape index (κ1) is 10.6. The van der Waals surface area contributed by atoms with Gasteiger partial charge >= 0.3 is 0 Å². The fraction of sp³-hybridized carbons (Fsp3) is 0.417. The molecule has 1 rings (SSSR count). The lowest BCUT2D eigenvalue weighted by Gasteiger charge is -2.19. The number of nitrogens with one attached hydrogen (secondary N) is 1. The maximum Gasteiger partial charge on any atom is 0.103 e. The van der Waals surface area contributed by atoms with E-state index in [0.717, 1.165) is 5.69 Å². The summed E-state index contributed by atoms with van der Waals surface area (Å²) in [4.78, 5) is 0. The predicted molar refractivity (Wildman–Crippen MR) is 59.2 cm³/mol. The van der Waals surface area contributed by atoms with E-state index in [1.807, 2.05) is 18.2 Å². The average molecular weight is 188 g/mol. The number of nitrogens with zero attached hydrogens (tertiary/aromatic N) is 1. The van der Waals surface area contributed by atoms with Crippen molar-refractivity contribution >= 4 is 5.69 Å². The van der Waals surface area contributed by atoms with Crippen molar-refractivity contribution in [3.63, 3.8) is 0 Å². The van der Waals surface area contributed by atoms with Gasteiger partial charge in [-0.3, -0.25) is 0 Å². The van der Waals surface area contributed by atoms with Crippen molar-refractivity contribution in [1.82, 2.24) is 0 Å². The molecule has 0 aliphatic heterocycles. The van der Waals surface area contributed by atoms with Gasteiger partial charge in [-0.25, -0.2) is 0 Å². The Labute approximate surface area is 85.6 Å². The summed E-state index contributed by atoms with van der Waals surface area (Å²) in [5, 5.41) is 11.4. The number of anilines is 1. The summed E-state index contributed by atoms with van der Waals surface area (Å²) in [5.41, 5.74) is 2.49. The maximum absolute atomic E-state index is 8.40. The average Bonchev–Trinajstić information content (AvgIpc) is 2.14. The van der Waals surface area contributed by atoms with E-state index in [2.05, 4.69) is 38.2 Å². The molecule has 0 atom stereocenters. The predicted octanol–water partition coefficient (Wildman–Crippen LogP) is 2.92. The van der Waals surface area contributed by atoms with E-state index >= 15 is 0 Å². The molecule has 0 aliphatic rings. The monoisotopic (exact) mass is 188 g/mol. The first-order valence-electron chi connectivity index (χ1n) is 4.75. The van der Waals surface area contributed by atoms with Gasteiger partial charge in [0.25, 0.3) is 0 Å². The Kier molecular flexibility index (Phi) is 3.14. The SMILES string of the molecule is CC(C)(C)c1ccc(NCC#N)cc1. The zero-order valence-corrected chi connectivity index (χ0v) is 8.96. The van der Waals surface area contributed by atoms with Crippen molar-refractivity contribution in [2.45, 2.75) is 26.2 Å². The topological polar surface area (TPSA) is 35.8 Å². The summed E-state index contributed by atoms with van der Waals surface area (Å²) < 4.78 is 0. The fourth-order valence-corrected chi connectivity index (χ4v) is 1.23. The third kappa shape index (κ3) is 2.77. The highest BCUT2D eigenvalue weighted by molar-refractivity contribution is 5.46. The van der Waals surface area contributed by atoms with Gasteiger partial charge in [-0.2, -0.15) is 5.26 Å². The Hall–Kier alpha value is -1.49. The van der Waals surface area contributed by atoms with Gasteiger partial charge in [0.05, 0.1) is 6.07 Å². The molecular formula is C12H16N2. The number of benzene rings is 1. The van der Waals surface area contributed by atoms with E-state index in [-0.39, 0.29) is 5.41 Å². The third-order valence-electron chi connectivity index (χ3n) is 2.12. The summed E-state index contributed by atoms with van der Waals surface area (Å²) in [7, 11) is 0. The summed E-state index contributed by atoms with van der Waals surface area (Å²) >= 11 is 0. The minimum absolute atomic E-state index is 0.188. The van der Waals surface area contributed by atoms with Gasteiger partial charge in [-0.15, -0.1) is 0 Å². The molecule has 14 heavy (non-hydrogen) atoms. The molecule has 0 amide bonds. The molecule has 0 heterocycles. The van der Waals surface area contributed by atoms with Crippen LogP contribution in [0, 0.1) is 11.3 Å². The third-order valence-corrected chi connectivity index (χ3v) is 2.12. The molecule has 0 fully saturated rings. The maximum atomic E-state index is 8.40. The van der Waals surface area contributed by atoms with Gasteiger partial charge in [-0.05, 0) is 23.1 Å². The summed E-state index contributed by atoms with van der Waals surface area (Å²) in [6.07, 6.45) is 0. The second-order valence-electron chi connectivity index (χ2n) is 4.34. The molecule has 1 N–H and O–H groups in total. The number of nitriles is 1. The lowest BCUT2D eigenvalue weighted by molar-refractivity contribution is 0.590. The van der Waals surface area contributed by atoms with E-state index in [1.54, 1.807) is 0 Å². The van der Waals surface area contributed by atoms with E-state index in [0.29, 0.717) is 6.54 Å². The molecule has 0 bridgehead atoms. The largest absolute Gasteiger partial charge is 0.372 e. The van der Waals surface area contributed by atoms with Gasteiger partial charge in [0.15, 0.2) is 0 Å².